The molecular formula is C7H7F3N2O4. The highest BCUT2D eigenvalue weighted by molar-refractivity contribution is 5.68. The van der Waals surface area contributed by atoms with Crippen molar-refractivity contribution < 1.29 is 32.3 Å². The first-order chi connectivity index (χ1) is 7.37. The highest BCUT2D eigenvalue weighted by Crippen LogP contribution is 2.15. The number of carbonyl (C=O) groups is 1. The summed E-state index contributed by atoms with van der Waals surface area (Å²) in [5, 5.41) is 11.6. The van der Waals surface area contributed by atoms with Gasteiger partial charge in [0, 0.05) is 0 Å². The van der Waals surface area contributed by atoms with E-state index in [0.717, 1.165) is 0 Å². The summed E-state index contributed by atoms with van der Waals surface area (Å²) < 4.78 is 43.7. The van der Waals surface area contributed by atoms with Gasteiger partial charge in [0.05, 0.1) is 0 Å². The average Bonchev–Trinajstić information content (AvgIpc) is 2.49. The number of rotatable bonds is 5. The van der Waals surface area contributed by atoms with Crippen LogP contribution in [0.2, 0.25) is 0 Å². The van der Waals surface area contributed by atoms with Crippen molar-refractivity contribution in [1.29, 1.82) is 0 Å². The van der Waals surface area contributed by atoms with Crippen molar-refractivity contribution in [2.75, 3.05) is 6.61 Å². The number of carboxylic acids is 1. The van der Waals surface area contributed by atoms with E-state index in [1.165, 1.54) is 0 Å². The number of halogens is 3. The third-order valence-electron chi connectivity index (χ3n) is 1.31. The van der Waals surface area contributed by atoms with E-state index in [2.05, 4.69) is 19.4 Å². The predicted molar refractivity (Wildman–Crippen MR) is 41.3 cm³/mol. The maximum Gasteiger partial charge on any atom is 0.411 e. The van der Waals surface area contributed by atoms with Crippen LogP contribution in [0.25, 0.3) is 0 Å². The minimum absolute atomic E-state index is 0.125. The van der Waals surface area contributed by atoms with Gasteiger partial charge in [-0.3, -0.25) is 4.79 Å². The number of carboxylic acid groups (broad SMARTS) is 1. The summed E-state index contributed by atoms with van der Waals surface area (Å²) >= 11 is 0. The summed E-state index contributed by atoms with van der Waals surface area (Å²) in [6, 6.07) is 0. The second-order valence-corrected chi connectivity index (χ2v) is 2.78. The third kappa shape index (κ3) is 4.73. The lowest BCUT2D eigenvalue weighted by molar-refractivity contribution is -0.177. The molecule has 0 aliphatic rings. The Morgan fingerprint density at radius 1 is 1.50 bits per heavy atom. The first-order valence-electron chi connectivity index (χ1n) is 4.04. The van der Waals surface area contributed by atoms with Gasteiger partial charge in [0.1, 0.15) is 19.6 Å². The molecule has 0 fully saturated rings. The maximum atomic E-state index is 11.7. The van der Waals surface area contributed by atoms with Gasteiger partial charge in [-0.15, -0.1) is 0 Å². The Balaban J connectivity index is 2.38. The van der Waals surface area contributed by atoms with Crippen molar-refractivity contribution in [3.8, 4) is 0 Å². The van der Waals surface area contributed by atoms with Gasteiger partial charge < -0.3 is 14.4 Å². The van der Waals surface area contributed by atoms with E-state index in [1.54, 1.807) is 0 Å². The topological polar surface area (TPSA) is 85.5 Å². The Morgan fingerprint density at radius 3 is 2.75 bits per heavy atom. The van der Waals surface area contributed by atoms with Gasteiger partial charge in [-0.1, -0.05) is 5.16 Å². The van der Waals surface area contributed by atoms with E-state index in [1.807, 2.05) is 0 Å². The molecule has 0 amide bonds. The Hall–Kier alpha value is -1.64. The van der Waals surface area contributed by atoms with Gasteiger partial charge in [-0.25, -0.2) is 0 Å². The molecule has 0 atom stereocenters. The van der Waals surface area contributed by atoms with E-state index in [4.69, 9.17) is 5.11 Å². The molecule has 9 heteroatoms. The fourth-order valence-electron chi connectivity index (χ4n) is 0.808. The molecule has 0 aliphatic heterocycles. The molecule has 90 valence electrons. The number of nitrogens with zero attached hydrogens (tertiary/aromatic N) is 2. The number of aromatic nitrogens is 2. The molecule has 1 aromatic rings. The summed E-state index contributed by atoms with van der Waals surface area (Å²) in [6.07, 6.45) is -4.90. The fourth-order valence-corrected chi connectivity index (χ4v) is 0.808. The maximum absolute atomic E-state index is 11.7. The van der Waals surface area contributed by atoms with Crippen molar-refractivity contribution in [3.05, 3.63) is 11.7 Å². The van der Waals surface area contributed by atoms with Gasteiger partial charge in [0.2, 0.25) is 5.89 Å². The van der Waals surface area contributed by atoms with Crippen LogP contribution in [0.4, 0.5) is 13.2 Å². The molecule has 0 aliphatic carbocycles. The van der Waals surface area contributed by atoms with Crippen LogP contribution in [0.5, 0.6) is 0 Å². The number of alkyl halides is 3. The summed E-state index contributed by atoms with van der Waals surface area (Å²) in [4.78, 5) is 13.7. The third-order valence-corrected chi connectivity index (χ3v) is 1.31. The monoisotopic (exact) mass is 240 g/mol. The summed E-state index contributed by atoms with van der Waals surface area (Å²) in [6.45, 7) is -1.90. The van der Waals surface area contributed by atoms with Gasteiger partial charge in [0.15, 0.2) is 5.82 Å². The van der Waals surface area contributed by atoms with E-state index < -0.39 is 31.8 Å². The number of ether oxygens (including phenoxy) is 1. The standard InChI is InChI=1S/C7H7F3N2O4/c8-7(9,10)3-15-2-4-11-5(16-12-4)1-6(13)14/h1-3H2,(H,13,14). The smallest absolute Gasteiger partial charge is 0.411 e. The van der Waals surface area contributed by atoms with Crippen molar-refractivity contribution in [2.24, 2.45) is 0 Å². The van der Waals surface area contributed by atoms with Crippen molar-refractivity contribution in [1.82, 2.24) is 10.1 Å². The lowest BCUT2D eigenvalue weighted by Crippen LogP contribution is -2.17. The first-order valence-corrected chi connectivity index (χ1v) is 4.04. The Bertz CT molecular complexity index is 363. The Kier molecular flexibility index (Phi) is 3.82. The average molecular weight is 240 g/mol. The van der Waals surface area contributed by atoms with Crippen molar-refractivity contribution >= 4 is 5.97 Å². The van der Waals surface area contributed by atoms with E-state index >= 15 is 0 Å². The van der Waals surface area contributed by atoms with Crippen LogP contribution in [0.1, 0.15) is 11.7 Å². The molecule has 16 heavy (non-hydrogen) atoms. The van der Waals surface area contributed by atoms with Gasteiger partial charge in [-0.05, 0) is 0 Å². The lowest BCUT2D eigenvalue weighted by Gasteiger charge is -2.04. The van der Waals surface area contributed by atoms with Gasteiger partial charge in [0.25, 0.3) is 0 Å². The molecule has 1 rings (SSSR count). The second kappa shape index (κ2) is 4.92. The molecule has 0 saturated carbocycles. The zero-order valence-corrected chi connectivity index (χ0v) is 7.82. The number of hydrogen-bond acceptors (Lipinski definition) is 5. The zero-order valence-electron chi connectivity index (χ0n) is 7.82. The van der Waals surface area contributed by atoms with Crippen molar-refractivity contribution in [2.45, 2.75) is 19.2 Å². The van der Waals surface area contributed by atoms with E-state index in [9.17, 15) is 18.0 Å². The van der Waals surface area contributed by atoms with Crippen LogP contribution in [0.3, 0.4) is 0 Å². The summed E-state index contributed by atoms with van der Waals surface area (Å²) in [7, 11) is 0. The first kappa shape index (κ1) is 12.4. The van der Waals surface area contributed by atoms with Crippen LogP contribution in [-0.4, -0.2) is 34.0 Å². The number of hydrogen-bond donors (Lipinski definition) is 1. The molecule has 0 radical (unpaired) electrons. The highest BCUT2D eigenvalue weighted by Gasteiger charge is 2.27. The van der Waals surface area contributed by atoms with Crippen LogP contribution < -0.4 is 0 Å². The summed E-state index contributed by atoms with van der Waals surface area (Å²) in [5.74, 6) is -1.48. The molecule has 1 N–H and O–H groups in total. The van der Waals surface area contributed by atoms with Crippen LogP contribution in [-0.2, 0) is 22.6 Å². The minimum Gasteiger partial charge on any atom is -0.481 e. The van der Waals surface area contributed by atoms with Crippen LogP contribution in [0.15, 0.2) is 4.52 Å². The van der Waals surface area contributed by atoms with Crippen LogP contribution >= 0.6 is 0 Å². The molecule has 1 heterocycles. The van der Waals surface area contributed by atoms with Crippen molar-refractivity contribution in [3.63, 3.8) is 0 Å². The predicted octanol–water partition coefficient (Wildman–Crippen LogP) is 0.776. The normalized spacial score (nSPS) is 11.7. The lowest BCUT2D eigenvalue weighted by atomic mass is 10.4. The van der Waals surface area contributed by atoms with Gasteiger partial charge >= 0.3 is 12.1 Å². The molecule has 6 nitrogen and oxygen atoms in total. The molecule has 1 aromatic heterocycles. The van der Waals surface area contributed by atoms with E-state index in [0.29, 0.717) is 0 Å². The summed E-state index contributed by atoms with van der Waals surface area (Å²) in [5.41, 5.74) is 0. The Morgan fingerprint density at radius 2 is 2.19 bits per heavy atom. The Labute approximate surface area is 87.0 Å². The number of aliphatic carboxylic acids is 1. The molecule has 0 spiro atoms. The molecule has 0 aromatic carbocycles. The largest absolute Gasteiger partial charge is 0.481 e. The molecule has 0 saturated heterocycles. The fraction of sp³-hybridized carbons (Fsp3) is 0.571. The highest BCUT2D eigenvalue weighted by atomic mass is 19.4. The second-order valence-electron chi connectivity index (χ2n) is 2.78. The van der Waals surface area contributed by atoms with Crippen LogP contribution in [0, 0.1) is 0 Å². The quantitative estimate of drug-likeness (QED) is 0.818. The minimum atomic E-state index is -4.42. The van der Waals surface area contributed by atoms with Gasteiger partial charge in [-0.2, -0.15) is 18.2 Å². The SMILES string of the molecule is O=C(O)Cc1nc(COCC(F)(F)F)no1. The van der Waals surface area contributed by atoms with E-state index in [-0.39, 0.29) is 11.7 Å². The molecule has 0 bridgehead atoms. The zero-order chi connectivity index (χ0) is 12.2. The molecule has 0 unspecified atom stereocenters. The molecular weight excluding hydrogens is 233 g/mol.